The minimum absolute atomic E-state index is 0. The van der Waals surface area contributed by atoms with Crippen molar-refractivity contribution in [3.63, 3.8) is 0 Å². The molecule has 15 heavy (non-hydrogen) atoms. The van der Waals surface area contributed by atoms with E-state index in [1.54, 1.807) is 0 Å². The molecule has 4 nitrogen and oxygen atoms in total. The molecule has 86 valence electrons. The first kappa shape index (κ1) is 20.3. The van der Waals surface area contributed by atoms with Gasteiger partial charge in [0.05, 0.1) is 0 Å². The fourth-order valence-corrected chi connectivity index (χ4v) is 0.698. The summed E-state index contributed by atoms with van der Waals surface area (Å²) in [6, 6.07) is 0. The van der Waals surface area contributed by atoms with Gasteiger partial charge in [-0.1, -0.05) is 27.7 Å². The largest absolute Gasteiger partial charge is 0.481 e. The van der Waals surface area contributed by atoms with Gasteiger partial charge in [0.1, 0.15) is 0 Å². The maximum Gasteiger partial charge on any atom is 0.303 e. The van der Waals surface area contributed by atoms with Crippen molar-refractivity contribution in [3.05, 3.63) is 0 Å². The molecule has 0 aliphatic carbocycles. The summed E-state index contributed by atoms with van der Waals surface area (Å²) >= 11 is 0. The van der Waals surface area contributed by atoms with Crippen LogP contribution in [0.15, 0.2) is 0 Å². The molecule has 0 bridgehead atoms. The van der Waals surface area contributed by atoms with Gasteiger partial charge >= 0.3 is 11.9 Å². The molecule has 0 spiro atoms. The first-order valence-electron chi connectivity index (χ1n) is 4.69. The molecule has 0 saturated carbocycles. The Labute approximate surface area is 111 Å². The number of rotatable bonds is 4. The second kappa shape index (κ2) is 11.9. The maximum atomic E-state index is 9.81. The zero-order chi connectivity index (χ0) is 11.7. The quantitative estimate of drug-likeness (QED) is 0.780. The van der Waals surface area contributed by atoms with Crippen molar-refractivity contribution < 1.29 is 47.1 Å². The third-order valence-electron chi connectivity index (χ3n) is 1.17. The predicted molar refractivity (Wildman–Crippen MR) is 54.2 cm³/mol. The van der Waals surface area contributed by atoms with Crippen LogP contribution in [0.25, 0.3) is 0 Å². The number of carbonyl (C=O) groups is 2. The van der Waals surface area contributed by atoms with E-state index in [4.69, 9.17) is 10.2 Å². The second-order valence-electron chi connectivity index (χ2n) is 3.98. The molecule has 0 aromatic heterocycles. The molecule has 0 rings (SSSR count). The molecule has 0 aliphatic heterocycles. The van der Waals surface area contributed by atoms with Gasteiger partial charge in [0, 0.05) is 40.1 Å². The van der Waals surface area contributed by atoms with Crippen LogP contribution in [0.2, 0.25) is 0 Å². The van der Waals surface area contributed by atoms with E-state index in [2.05, 4.69) is 0 Å². The average Bonchev–Trinajstić information content (AvgIpc) is 1.79. The van der Waals surface area contributed by atoms with Gasteiger partial charge in [0.2, 0.25) is 0 Å². The van der Waals surface area contributed by atoms with Crippen LogP contribution < -0.4 is 0 Å². The van der Waals surface area contributed by atoms with Crippen LogP contribution in [0.5, 0.6) is 0 Å². The number of carboxylic acids is 2. The zero-order valence-corrected chi connectivity index (χ0v) is 14.0. The van der Waals surface area contributed by atoms with E-state index in [1.165, 1.54) is 0 Å². The standard InChI is InChI=1S/2C5H10O2.Cd/c2*1-4(2)3-5(6)7;/h2*4H,3H2,1-2H3,(H,6,7);. The molecule has 0 radical (unpaired) electrons. The van der Waals surface area contributed by atoms with Gasteiger partial charge in [-0.3, -0.25) is 9.59 Å². The normalized spacial score (nSPS) is 8.93. The van der Waals surface area contributed by atoms with E-state index in [1.807, 2.05) is 27.7 Å². The van der Waals surface area contributed by atoms with Crippen molar-refractivity contribution in [2.75, 3.05) is 0 Å². The van der Waals surface area contributed by atoms with E-state index in [-0.39, 0.29) is 52.0 Å². The topological polar surface area (TPSA) is 74.6 Å². The maximum absolute atomic E-state index is 9.81. The average molecular weight is 317 g/mol. The van der Waals surface area contributed by atoms with Crippen molar-refractivity contribution >= 4 is 11.9 Å². The summed E-state index contributed by atoms with van der Waals surface area (Å²) in [7, 11) is 0. The predicted octanol–water partition coefficient (Wildman–Crippen LogP) is 2.23. The van der Waals surface area contributed by atoms with Crippen molar-refractivity contribution in [2.45, 2.75) is 40.5 Å². The van der Waals surface area contributed by atoms with Gasteiger partial charge in [-0.25, -0.2) is 0 Å². The second-order valence-corrected chi connectivity index (χ2v) is 3.98. The van der Waals surface area contributed by atoms with Crippen LogP contribution in [-0.4, -0.2) is 22.2 Å². The molecule has 0 aliphatic rings. The molecule has 0 aromatic rings. The first-order chi connectivity index (χ1) is 6.25. The zero-order valence-electron chi connectivity index (χ0n) is 9.99. The van der Waals surface area contributed by atoms with E-state index >= 15 is 0 Å². The summed E-state index contributed by atoms with van der Waals surface area (Å²) < 4.78 is 0. The van der Waals surface area contributed by atoms with E-state index in [9.17, 15) is 9.59 Å². The molecule has 0 unspecified atom stereocenters. The molecule has 0 amide bonds. The minimum Gasteiger partial charge on any atom is -0.481 e. The van der Waals surface area contributed by atoms with E-state index in [0.717, 1.165) is 0 Å². The van der Waals surface area contributed by atoms with Crippen molar-refractivity contribution in [1.82, 2.24) is 0 Å². The Bertz CT molecular complexity index is 158. The van der Waals surface area contributed by atoms with Crippen LogP contribution in [-0.2, 0) is 36.9 Å². The Morgan fingerprint density at radius 2 is 1.07 bits per heavy atom. The smallest absolute Gasteiger partial charge is 0.303 e. The fourth-order valence-electron chi connectivity index (χ4n) is 0.698. The Morgan fingerprint density at radius 1 is 0.867 bits per heavy atom. The Balaban J connectivity index is -0.000000180. The van der Waals surface area contributed by atoms with Gasteiger partial charge in [0.25, 0.3) is 0 Å². The molecule has 5 heteroatoms. The molecule has 0 heterocycles. The van der Waals surface area contributed by atoms with E-state index in [0.29, 0.717) is 0 Å². The first-order valence-corrected chi connectivity index (χ1v) is 4.69. The fraction of sp³-hybridized carbons (Fsp3) is 0.800. The molecular weight excluding hydrogens is 297 g/mol. The Morgan fingerprint density at radius 3 is 1.07 bits per heavy atom. The van der Waals surface area contributed by atoms with Crippen LogP contribution in [0, 0.1) is 11.8 Å². The summed E-state index contributed by atoms with van der Waals surface area (Å²) in [4.78, 5) is 19.6. The minimum atomic E-state index is -0.713. The van der Waals surface area contributed by atoms with Gasteiger partial charge in [-0.2, -0.15) is 0 Å². The number of hydrogen-bond donors (Lipinski definition) is 2. The van der Waals surface area contributed by atoms with Crippen LogP contribution >= 0.6 is 0 Å². The number of hydrogen-bond acceptors (Lipinski definition) is 2. The van der Waals surface area contributed by atoms with Crippen molar-refractivity contribution in [2.24, 2.45) is 11.8 Å². The molecular formula is C10H20CdO4. The molecule has 2 N–H and O–H groups in total. The summed E-state index contributed by atoms with van der Waals surface area (Å²) in [6.45, 7) is 7.53. The number of carboxylic acid groups (broad SMARTS) is 2. The van der Waals surface area contributed by atoms with Crippen molar-refractivity contribution in [1.29, 1.82) is 0 Å². The molecule has 0 aromatic carbocycles. The van der Waals surface area contributed by atoms with Crippen LogP contribution in [0.3, 0.4) is 0 Å². The SMILES string of the molecule is CC(C)CC(=O)O.CC(C)CC(=O)O.[Cd]. The Kier molecular flexibility index (Phi) is 16.1. The monoisotopic (exact) mass is 318 g/mol. The van der Waals surface area contributed by atoms with Gasteiger partial charge < -0.3 is 10.2 Å². The molecule has 0 fully saturated rings. The third kappa shape index (κ3) is 31.6. The molecule has 0 saturated heterocycles. The third-order valence-corrected chi connectivity index (χ3v) is 1.17. The van der Waals surface area contributed by atoms with E-state index < -0.39 is 11.9 Å². The van der Waals surface area contributed by atoms with Gasteiger partial charge in [0.15, 0.2) is 0 Å². The van der Waals surface area contributed by atoms with Crippen molar-refractivity contribution in [3.8, 4) is 0 Å². The summed E-state index contributed by atoms with van der Waals surface area (Å²) in [5.41, 5.74) is 0. The number of aliphatic carboxylic acids is 2. The summed E-state index contributed by atoms with van der Waals surface area (Å²) in [5, 5.41) is 16.2. The molecule has 0 atom stereocenters. The summed E-state index contributed by atoms with van der Waals surface area (Å²) in [6.07, 6.45) is 0.556. The van der Waals surface area contributed by atoms with Gasteiger partial charge in [-0.05, 0) is 11.8 Å². The van der Waals surface area contributed by atoms with Crippen LogP contribution in [0.1, 0.15) is 40.5 Å². The Hall–Kier alpha value is -0.138. The van der Waals surface area contributed by atoms with Gasteiger partial charge in [-0.15, -0.1) is 0 Å². The summed E-state index contributed by atoms with van der Waals surface area (Å²) in [5.74, 6) is -0.875. The van der Waals surface area contributed by atoms with Crippen LogP contribution in [0.4, 0.5) is 0 Å².